The smallest absolute Gasteiger partial charge is 0.0864 e. The number of nitrogens with zero attached hydrogens (tertiary/aromatic N) is 1. The maximum atomic E-state index is 2.50. The molecular formula is C9H24NS+. The van der Waals surface area contributed by atoms with Gasteiger partial charge < -0.3 is 3.89 Å². The van der Waals surface area contributed by atoms with Crippen LogP contribution in [0.5, 0.6) is 0 Å². The Morgan fingerprint density at radius 1 is 0.909 bits per heavy atom. The van der Waals surface area contributed by atoms with Crippen molar-refractivity contribution in [3.05, 3.63) is 0 Å². The largest absolute Gasteiger partial charge is 0.305 e. The molecule has 0 aromatic carbocycles. The predicted octanol–water partition coefficient (Wildman–Crippen LogP) is 1.73. The third-order valence-corrected chi connectivity index (χ3v) is 7.72. The van der Waals surface area contributed by atoms with Crippen LogP contribution in [0.4, 0.5) is 0 Å². The molecule has 0 aromatic rings. The van der Waals surface area contributed by atoms with E-state index in [1.165, 1.54) is 29.8 Å². The molecule has 0 N–H and O–H groups in total. The molecule has 1 aliphatic heterocycles. The van der Waals surface area contributed by atoms with Crippen LogP contribution in [0.1, 0.15) is 12.8 Å². The number of quaternary nitrogens is 1. The molecule has 0 bridgehead atoms. The van der Waals surface area contributed by atoms with Gasteiger partial charge in [-0.1, -0.05) is 0 Å². The number of hydrogen-bond donors (Lipinski definition) is 1. The van der Waals surface area contributed by atoms with Crippen LogP contribution in [0.15, 0.2) is 0 Å². The van der Waals surface area contributed by atoms with Gasteiger partial charge in [0.05, 0.1) is 20.1 Å². The minimum Gasteiger partial charge on any atom is -0.305 e. The van der Waals surface area contributed by atoms with Gasteiger partial charge >= 0.3 is 0 Å². The van der Waals surface area contributed by atoms with E-state index in [1.54, 1.807) is 0 Å². The molecule has 1 saturated heterocycles. The van der Waals surface area contributed by atoms with Gasteiger partial charge in [0.2, 0.25) is 0 Å². The fourth-order valence-electron chi connectivity index (χ4n) is 1.82. The van der Waals surface area contributed by atoms with Gasteiger partial charge in [0.1, 0.15) is 0 Å². The maximum absolute atomic E-state index is 2.50. The first-order valence-electron chi connectivity index (χ1n) is 4.57. The number of likely N-dealkylation sites (tertiary alicyclic amines) is 1. The zero-order valence-electron chi connectivity index (χ0n) is 8.72. The van der Waals surface area contributed by atoms with E-state index < -0.39 is 9.35 Å². The lowest BCUT2D eigenvalue weighted by molar-refractivity contribution is -0.769. The number of thiol groups is 1. The quantitative estimate of drug-likeness (QED) is 0.459. The maximum Gasteiger partial charge on any atom is 0.0864 e. The second kappa shape index (κ2) is 2.17. The topological polar surface area (TPSA) is 0 Å². The van der Waals surface area contributed by atoms with Gasteiger partial charge in [-0.3, -0.25) is 0 Å². The zero-order valence-corrected chi connectivity index (χ0v) is 9.62. The summed E-state index contributed by atoms with van der Waals surface area (Å²) in [5.41, 5.74) is 0. The molecular weight excluding hydrogens is 154 g/mol. The second-order valence-electron chi connectivity index (χ2n) is 5.98. The van der Waals surface area contributed by atoms with Crippen LogP contribution in [0.2, 0.25) is 0 Å². The molecule has 0 unspecified atom stereocenters. The molecule has 0 spiro atoms. The van der Waals surface area contributed by atoms with Crippen LogP contribution >= 0.6 is 9.35 Å². The number of hydrogen-bond acceptors (Lipinski definition) is 0. The summed E-state index contributed by atoms with van der Waals surface area (Å²) in [4.78, 5) is 0. The SMILES string of the molecule is C[N+]1([SH](C)(C)(C)C)CCCC1. The van der Waals surface area contributed by atoms with Gasteiger partial charge in [-0.05, 0) is 25.0 Å². The Labute approximate surface area is 71.8 Å². The fourth-order valence-corrected chi connectivity index (χ4v) is 3.70. The molecule has 2 heteroatoms. The zero-order chi connectivity index (χ0) is 8.78. The van der Waals surface area contributed by atoms with E-state index >= 15 is 0 Å². The van der Waals surface area contributed by atoms with E-state index in [1.807, 2.05) is 0 Å². The van der Waals surface area contributed by atoms with Crippen molar-refractivity contribution in [2.45, 2.75) is 12.8 Å². The van der Waals surface area contributed by atoms with Crippen molar-refractivity contribution in [3.63, 3.8) is 0 Å². The average molecular weight is 178 g/mol. The normalized spacial score (nSPS) is 27.9. The molecule has 0 aliphatic carbocycles. The minimum atomic E-state index is -1.37. The Balaban J connectivity index is 2.88. The first-order valence-corrected chi connectivity index (χ1v) is 8.55. The molecule has 70 valence electrons. The van der Waals surface area contributed by atoms with E-state index in [4.69, 9.17) is 0 Å². The minimum absolute atomic E-state index is 1.37. The molecule has 1 fully saturated rings. The highest BCUT2D eigenvalue weighted by atomic mass is 32.3. The molecule has 0 amide bonds. The van der Waals surface area contributed by atoms with Gasteiger partial charge in [0.25, 0.3) is 0 Å². The molecule has 1 aliphatic rings. The highest BCUT2D eigenvalue weighted by Gasteiger charge is 2.41. The Morgan fingerprint density at radius 2 is 1.27 bits per heavy atom. The second-order valence-corrected chi connectivity index (χ2v) is 13.9. The molecule has 1 nitrogen and oxygen atoms in total. The van der Waals surface area contributed by atoms with E-state index in [0.717, 1.165) is 0 Å². The molecule has 1 rings (SSSR count). The van der Waals surface area contributed by atoms with Crippen molar-refractivity contribution < 1.29 is 3.89 Å². The summed E-state index contributed by atoms with van der Waals surface area (Å²) in [6, 6.07) is 0. The van der Waals surface area contributed by atoms with Crippen LogP contribution in [0.25, 0.3) is 0 Å². The highest BCUT2D eigenvalue weighted by Crippen LogP contribution is 2.64. The predicted molar refractivity (Wildman–Crippen MR) is 57.8 cm³/mol. The van der Waals surface area contributed by atoms with Crippen molar-refractivity contribution >= 4 is 9.35 Å². The summed E-state index contributed by atoms with van der Waals surface area (Å²) < 4.78 is 1.37. The van der Waals surface area contributed by atoms with Crippen LogP contribution in [-0.4, -0.2) is 49.0 Å². The Hall–Kier alpha value is 0.310. The molecule has 0 aromatic heterocycles. The third kappa shape index (κ3) is 1.57. The Kier molecular flexibility index (Phi) is 1.85. The molecule has 11 heavy (non-hydrogen) atoms. The lowest BCUT2D eigenvalue weighted by atomic mass is 10.4. The van der Waals surface area contributed by atoms with E-state index in [2.05, 4.69) is 32.1 Å². The lowest BCUT2D eigenvalue weighted by Crippen LogP contribution is -2.49. The van der Waals surface area contributed by atoms with Gasteiger partial charge in [0, 0.05) is 12.8 Å². The van der Waals surface area contributed by atoms with Gasteiger partial charge in [-0.15, -0.1) is 0 Å². The average Bonchev–Trinajstić information content (AvgIpc) is 2.10. The summed E-state index contributed by atoms with van der Waals surface area (Å²) >= 11 is 0. The van der Waals surface area contributed by atoms with E-state index in [-0.39, 0.29) is 0 Å². The summed E-state index contributed by atoms with van der Waals surface area (Å²) in [6.07, 6.45) is 12.9. The summed E-state index contributed by atoms with van der Waals surface area (Å²) in [6.45, 7) is 2.83. The van der Waals surface area contributed by atoms with Crippen LogP contribution in [0.3, 0.4) is 0 Å². The standard InChI is InChI=1S/C9H24NS/c1-10(8-6-7-9-10)11(2,3,4)5/h11H,6-9H2,1-5H3/q+1. The molecule has 0 atom stereocenters. The third-order valence-electron chi connectivity index (χ3n) is 3.46. The first kappa shape index (κ1) is 9.40. The summed E-state index contributed by atoms with van der Waals surface area (Å²) in [7, 11) is 1.08. The Morgan fingerprint density at radius 3 is 1.45 bits per heavy atom. The molecule has 0 radical (unpaired) electrons. The van der Waals surface area contributed by atoms with Crippen LogP contribution in [0, 0.1) is 0 Å². The van der Waals surface area contributed by atoms with Gasteiger partial charge in [-0.2, -0.15) is 0 Å². The van der Waals surface area contributed by atoms with Crippen molar-refractivity contribution in [1.82, 2.24) is 0 Å². The highest BCUT2D eigenvalue weighted by molar-refractivity contribution is 8.43. The van der Waals surface area contributed by atoms with Crippen molar-refractivity contribution in [3.8, 4) is 0 Å². The Bertz CT molecular complexity index is 151. The van der Waals surface area contributed by atoms with Crippen molar-refractivity contribution in [2.75, 3.05) is 45.2 Å². The first-order chi connectivity index (χ1) is 4.72. The van der Waals surface area contributed by atoms with E-state index in [0.29, 0.717) is 0 Å². The van der Waals surface area contributed by atoms with Crippen LogP contribution in [-0.2, 0) is 0 Å². The lowest BCUT2D eigenvalue weighted by Gasteiger charge is -2.63. The number of rotatable bonds is 1. The summed E-state index contributed by atoms with van der Waals surface area (Å²) in [5.74, 6) is 0. The van der Waals surface area contributed by atoms with Crippen LogP contribution < -0.4 is 0 Å². The van der Waals surface area contributed by atoms with Gasteiger partial charge in [-0.25, -0.2) is 9.35 Å². The molecule has 1 heterocycles. The molecule has 0 saturated carbocycles. The van der Waals surface area contributed by atoms with Crippen molar-refractivity contribution in [2.24, 2.45) is 0 Å². The summed E-state index contributed by atoms with van der Waals surface area (Å²) in [5, 5.41) is 0. The van der Waals surface area contributed by atoms with E-state index in [9.17, 15) is 0 Å². The fraction of sp³-hybridized carbons (Fsp3) is 1.00. The van der Waals surface area contributed by atoms with Crippen molar-refractivity contribution in [1.29, 1.82) is 0 Å². The monoisotopic (exact) mass is 178 g/mol. The van der Waals surface area contributed by atoms with Gasteiger partial charge in [0.15, 0.2) is 0 Å².